The number of amides is 2. The van der Waals surface area contributed by atoms with Gasteiger partial charge in [-0.1, -0.05) is 11.6 Å². The summed E-state index contributed by atoms with van der Waals surface area (Å²) < 4.78 is 13.1. The molecule has 1 aliphatic heterocycles. The molecule has 1 N–H and O–H groups in total. The quantitative estimate of drug-likeness (QED) is 0.865. The Hall–Kier alpha value is -1.62. The first-order chi connectivity index (χ1) is 9.06. The third kappa shape index (κ3) is 2.30. The van der Waals surface area contributed by atoms with Gasteiger partial charge in [-0.05, 0) is 31.0 Å². The van der Waals surface area contributed by atoms with Crippen molar-refractivity contribution in [2.75, 3.05) is 5.32 Å². The lowest BCUT2D eigenvalue weighted by atomic mass is 10.2. The highest BCUT2D eigenvalue weighted by Gasteiger charge is 2.46. The van der Waals surface area contributed by atoms with Crippen LogP contribution in [-0.4, -0.2) is 28.8 Å². The Morgan fingerprint density at radius 2 is 2.05 bits per heavy atom. The highest BCUT2D eigenvalue weighted by Crippen LogP contribution is 2.33. The van der Waals surface area contributed by atoms with Crippen LogP contribution in [0.1, 0.15) is 19.3 Å². The maximum Gasteiger partial charge on any atom is 0.252 e. The first-order valence-corrected chi connectivity index (χ1v) is 6.51. The summed E-state index contributed by atoms with van der Waals surface area (Å²) in [4.78, 5) is 25.2. The van der Waals surface area contributed by atoms with Gasteiger partial charge in [0.15, 0.2) is 0 Å². The molecule has 4 nitrogen and oxygen atoms in total. The van der Waals surface area contributed by atoms with E-state index in [2.05, 4.69) is 5.32 Å². The standard InChI is InChI=1S/C13H12ClFN2O2/c14-9-4-1-7(15)5-10(9)16-11-6-12(18)17(13(11)19)8-2-3-8/h1,4-5,8,11,16H,2-3,6H2. The molecular formula is C13H12ClFN2O2. The molecular weight excluding hydrogens is 271 g/mol. The Labute approximate surface area is 114 Å². The molecule has 0 spiro atoms. The second kappa shape index (κ2) is 4.49. The van der Waals surface area contributed by atoms with Crippen molar-refractivity contribution >= 4 is 29.1 Å². The molecule has 1 saturated carbocycles. The van der Waals surface area contributed by atoms with E-state index in [1.54, 1.807) is 0 Å². The minimum absolute atomic E-state index is 0.0646. The Morgan fingerprint density at radius 3 is 2.74 bits per heavy atom. The van der Waals surface area contributed by atoms with E-state index >= 15 is 0 Å². The highest BCUT2D eigenvalue weighted by molar-refractivity contribution is 6.33. The molecule has 1 heterocycles. The first-order valence-electron chi connectivity index (χ1n) is 6.14. The van der Waals surface area contributed by atoms with Gasteiger partial charge in [0.25, 0.3) is 5.91 Å². The minimum atomic E-state index is -0.646. The largest absolute Gasteiger partial charge is 0.372 e. The summed E-state index contributed by atoms with van der Waals surface area (Å²) >= 11 is 5.93. The van der Waals surface area contributed by atoms with E-state index in [0.29, 0.717) is 10.7 Å². The molecule has 1 aromatic carbocycles. The third-order valence-corrected chi connectivity index (χ3v) is 3.68. The smallest absolute Gasteiger partial charge is 0.252 e. The predicted octanol–water partition coefficient (Wildman–Crippen LogP) is 2.18. The van der Waals surface area contributed by atoms with Crippen LogP contribution in [0.4, 0.5) is 10.1 Å². The number of benzene rings is 1. The summed E-state index contributed by atoms with van der Waals surface area (Å²) in [6.45, 7) is 0. The fourth-order valence-corrected chi connectivity index (χ4v) is 2.45. The zero-order valence-corrected chi connectivity index (χ0v) is 10.8. The summed E-state index contributed by atoms with van der Waals surface area (Å²) in [5.41, 5.74) is 0.338. The van der Waals surface area contributed by atoms with Crippen molar-refractivity contribution in [3.8, 4) is 0 Å². The zero-order valence-electron chi connectivity index (χ0n) is 10.0. The number of nitrogens with one attached hydrogen (secondary N) is 1. The van der Waals surface area contributed by atoms with Crippen LogP contribution >= 0.6 is 11.6 Å². The molecule has 6 heteroatoms. The Balaban J connectivity index is 1.78. The average Bonchev–Trinajstić information content (AvgIpc) is 3.13. The van der Waals surface area contributed by atoms with Crippen molar-refractivity contribution in [1.29, 1.82) is 0 Å². The van der Waals surface area contributed by atoms with Crippen LogP contribution in [0, 0.1) is 5.82 Å². The number of likely N-dealkylation sites (tertiary alicyclic amines) is 1. The van der Waals surface area contributed by atoms with Crippen molar-refractivity contribution in [1.82, 2.24) is 4.90 Å². The lowest BCUT2D eigenvalue weighted by molar-refractivity contribution is -0.139. The van der Waals surface area contributed by atoms with E-state index in [1.165, 1.54) is 23.1 Å². The molecule has 2 fully saturated rings. The number of hydrogen-bond acceptors (Lipinski definition) is 3. The van der Waals surface area contributed by atoms with Gasteiger partial charge >= 0.3 is 0 Å². The van der Waals surface area contributed by atoms with Gasteiger partial charge in [-0.2, -0.15) is 0 Å². The van der Waals surface area contributed by atoms with Crippen LogP contribution in [-0.2, 0) is 9.59 Å². The molecule has 3 rings (SSSR count). The van der Waals surface area contributed by atoms with Crippen LogP contribution in [0.3, 0.4) is 0 Å². The fraction of sp³-hybridized carbons (Fsp3) is 0.385. The van der Waals surface area contributed by atoms with Crippen molar-refractivity contribution < 1.29 is 14.0 Å². The van der Waals surface area contributed by atoms with Crippen LogP contribution in [0.2, 0.25) is 5.02 Å². The molecule has 2 amide bonds. The number of halogens is 2. The van der Waals surface area contributed by atoms with Crippen molar-refractivity contribution in [3.05, 3.63) is 29.0 Å². The van der Waals surface area contributed by atoms with Gasteiger partial charge in [-0.25, -0.2) is 4.39 Å². The van der Waals surface area contributed by atoms with Gasteiger partial charge in [0, 0.05) is 6.04 Å². The van der Waals surface area contributed by atoms with E-state index in [4.69, 9.17) is 11.6 Å². The van der Waals surface area contributed by atoms with Gasteiger partial charge < -0.3 is 5.32 Å². The van der Waals surface area contributed by atoms with Gasteiger partial charge in [0.05, 0.1) is 17.1 Å². The summed E-state index contributed by atoms with van der Waals surface area (Å²) in [5.74, 6) is -0.854. The van der Waals surface area contributed by atoms with E-state index in [9.17, 15) is 14.0 Å². The van der Waals surface area contributed by atoms with Crippen LogP contribution in [0.25, 0.3) is 0 Å². The van der Waals surface area contributed by atoms with Crippen LogP contribution in [0.15, 0.2) is 18.2 Å². The fourth-order valence-electron chi connectivity index (χ4n) is 2.28. The molecule has 19 heavy (non-hydrogen) atoms. The average molecular weight is 283 g/mol. The van der Waals surface area contributed by atoms with E-state index in [1.807, 2.05) is 0 Å². The van der Waals surface area contributed by atoms with E-state index in [0.717, 1.165) is 12.8 Å². The number of rotatable bonds is 3. The Bertz CT molecular complexity index is 560. The molecule has 1 atom stereocenters. The third-order valence-electron chi connectivity index (χ3n) is 3.35. The summed E-state index contributed by atoms with van der Waals surface area (Å²) in [5, 5.41) is 3.18. The number of carbonyl (C=O) groups excluding carboxylic acids is 2. The van der Waals surface area contributed by atoms with Crippen molar-refractivity contribution in [2.24, 2.45) is 0 Å². The van der Waals surface area contributed by atoms with Gasteiger partial charge in [0.1, 0.15) is 11.9 Å². The molecule has 100 valence electrons. The monoisotopic (exact) mass is 282 g/mol. The molecule has 2 aliphatic rings. The molecule has 0 aromatic heterocycles. The van der Waals surface area contributed by atoms with Crippen LogP contribution < -0.4 is 5.32 Å². The predicted molar refractivity (Wildman–Crippen MR) is 68.3 cm³/mol. The SMILES string of the molecule is O=C1CC(Nc2cc(F)ccc2Cl)C(=O)N1C1CC1. The zero-order chi connectivity index (χ0) is 13.6. The van der Waals surface area contributed by atoms with E-state index in [-0.39, 0.29) is 24.3 Å². The molecule has 1 saturated heterocycles. The second-order valence-corrected chi connectivity index (χ2v) is 5.27. The highest BCUT2D eigenvalue weighted by atomic mass is 35.5. The molecule has 1 unspecified atom stereocenters. The minimum Gasteiger partial charge on any atom is -0.372 e. The normalized spacial score (nSPS) is 23.1. The van der Waals surface area contributed by atoms with Crippen molar-refractivity contribution in [2.45, 2.75) is 31.3 Å². The van der Waals surface area contributed by atoms with Gasteiger partial charge in [-0.3, -0.25) is 14.5 Å². The number of hydrogen-bond donors (Lipinski definition) is 1. The first kappa shape index (κ1) is 12.4. The number of imide groups is 1. The van der Waals surface area contributed by atoms with Gasteiger partial charge in [0.2, 0.25) is 5.91 Å². The Kier molecular flexibility index (Phi) is 2.93. The van der Waals surface area contributed by atoms with E-state index < -0.39 is 11.9 Å². The maximum absolute atomic E-state index is 13.1. The topological polar surface area (TPSA) is 49.4 Å². The number of carbonyl (C=O) groups is 2. The summed E-state index contributed by atoms with van der Waals surface area (Å²) in [6.07, 6.45) is 1.86. The molecule has 1 aromatic rings. The van der Waals surface area contributed by atoms with Crippen molar-refractivity contribution in [3.63, 3.8) is 0 Å². The van der Waals surface area contributed by atoms with Crippen LogP contribution in [0.5, 0.6) is 0 Å². The number of anilines is 1. The summed E-state index contributed by atoms with van der Waals surface area (Å²) in [6, 6.07) is 3.30. The molecule has 1 aliphatic carbocycles. The maximum atomic E-state index is 13.1. The second-order valence-electron chi connectivity index (χ2n) is 4.86. The Morgan fingerprint density at radius 1 is 1.32 bits per heavy atom. The molecule has 0 radical (unpaired) electrons. The lowest BCUT2D eigenvalue weighted by Crippen LogP contribution is -2.36. The molecule has 0 bridgehead atoms. The van der Waals surface area contributed by atoms with Gasteiger partial charge in [-0.15, -0.1) is 0 Å². The summed E-state index contributed by atoms with van der Waals surface area (Å²) in [7, 11) is 0. The lowest BCUT2D eigenvalue weighted by Gasteiger charge is -2.15. The number of nitrogens with zero attached hydrogens (tertiary/aromatic N) is 1.